The van der Waals surface area contributed by atoms with Gasteiger partial charge in [-0.1, -0.05) is 12.1 Å². The third kappa shape index (κ3) is 4.39. The van der Waals surface area contributed by atoms with Crippen molar-refractivity contribution in [2.75, 3.05) is 32.8 Å². The van der Waals surface area contributed by atoms with Gasteiger partial charge in [-0.15, -0.1) is 0 Å². The van der Waals surface area contributed by atoms with Crippen molar-refractivity contribution in [3.8, 4) is 0 Å². The van der Waals surface area contributed by atoms with Crippen molar-refractivity contribution in [2.45, 2.75) is 44.4 Å². The summed E-state index contributed by atoms with van der Waals surface area (Å²) in [5, 5.41) is 0. The summed E-state index contributed by atoms with van der Waals surface area (Å²) in [4.78, 5) is 27.1. The molecule has 2 aliphatic rings. The fourth-order valence-corrected chi connectivity index (χ4v) is 4.77. The average Bonchev–Trinajstić information content (AvgIpc) is 2.74. The lowest BCUT2D eigenvalue weighted by Crippen LogP contribution is -2.65. The van der Waals surface area contributed by atoms with Crippen LogP contribution in [0.15, 0.2) is 48.9 Å². The van der Waals surface area contributed by atoms with E-state index < -0.39 is 5.54 Å². The molecule has 0 aromatic carbocycles. The zero-order valence-electron chi connectivity index (χ0n) is 17.4. The molecule has 0 amide bonds. The zero-order chi connectivity index (χ0) is 20.3. The number of nitrogens with zero attached hydrogens (tertiary/aromatic N) is 4. The number of aromatic nitrogens is 2. The molecule has 29 heavy (non-hydrogen) atoms. The van der Waals surface area contributed by atoms with Crippen LogP contribution >= 0.6 is 0 Å². The Morgan fingerprint density at radius 2 is 1.93 bits per heavy atom. The van der Waals surface area contributed by atoms with Gasteiger partial charge < -0.3 is 4.74 Å². The number of ketones is 1. The fourth-order valence-electron chi connectivity index (χ4n) is 4.77. The summed E-state index contributed by atoms with van der Waals surface area (Å²) in [5.74, 6) is 0.134. The third-order valence-corrected chi connectivity index (χ3v) is 6.15. The molecule has 2 saturated heterocycles. The second-order valence-electron chi connectivity index (χ2n) is 8.74. The number of Topliss-reactive ketones (excluding diaryl/α,β-unsaturated/α-hetero) is 1. The van der Waals surface area contributed by atoms with Crippen LogP contribution in [0.25, 0.3) is 0 Å². The summed E-state index contributed by atoms with van der Waals surface area (Å²) >= 11 is 0. The zero-order valence-corrected chi connectivity index (χ0v) is 17.4. The van der Waals surface area contributed by atoms with E-state index in [4.69, 9.17) is 4.74 Å². The minimum atomic E-state index is -0.545. The smallest absolute Gasteiger partial charge is 0.201 e. The maximum absolute atomic E-state index is 13.7. The van der Waals surface area contributed by atoms with Crippen LogP contribution in [0.3, 0.4) is 0 Å². The molecule has 0 aliphatic carbocycles. The van der Waals surface area contributed by atoms with Gasteiger partial charge in [-0.3, -0.25) is 24.6 Å². The summed E-state index contributed by atoms with van der Waals surface area (Å²) in [6, 6.07) is 9.69. The number of hydrogen-bond acceptors (Lipinski definition) is 6. The van der Waals surface area contributed by atoms with E-state index in [1.165, 1.54) is 5.56 Å². The van der Waals surface area contributed by atoms with E-state index >= 15 is 0 Å². The molecular weight excluding hydrogens is 364 g/mol. The Labute approximate surface area is 172 Å². The summed E-state index contributed by atoms with van der Waals surface area (Å²) in [6.45, 7) is 9.29. The minimum absolute atomic E-state index is 0.134. The van der Waals surface area contributed by atoms with Gasteiger partial charge in [-0.2, -0.15) is 0 Å². The van der Waals surface area contributed by atoms with Gasteiger partial charge in [0, 0.05) is 64.3 Å². The fraction of sp³-hybridized carbons (Fsp3) is 0.522. The molecule has 1 atom stereocenters. The van der Waals surface area contributed by atoms with E-state index in [1.54, 1.807) is 12.4 Å². The van der Waals surface area contributed by atoms with Crippen molar-refractivity contribution in [2.24, 2.45) is 0 Å². The number of carbonyl (C=O) groups is 1. The molecule has 154 valence electrons. The van der Waals surface area contributed by atoms with Gasteiger partial charge in [0.05, 0.1) is 11.1 Å². The highest BCUT2D eigenvalue weighted by Gasteiger charge is 2.51. The standard InChI is InChI=1S/C23H30N4O2/c1-22(2)18-23(8-15-29-22,21(28)20-7-3-4-10-25-20)27-13-11-26(12-14-27)17-19-6-5-9-24-16-19/h3-7,9-10,16H,8,11-15,17-18H2,1-2H3. The molecule has 0 N–H and O–H groups in total. The summed E-state index contributed by atoms with van der Waals surface area (Å²) in [7, 11) is 0. The Kier molecular flexibility index (Phi) is 5.76. The molecule has 0 saturated carbocycles. The lowest BCUT2D eigenvalue weighted by atomic mass is 9.75. The Bertz CT molecular complexity index is 819. The second-order valence-corrected chi connectivity index (χ2v) is 8.74. The van der Waals surface area contributed by atoms with E-state index in [2.05, 4.69) is 39.7 Å². The van der Waals surface area contributed by atoms with Gasteiger partial charge in [0.15, 0.2) is 0 Å². The molecular formula is C23H30N4O2. The molecule has 6 nitrogen and oxygen atoms in total. The van der Waals surface area contributed by atoms with Crippen molar-refractivity contribution >= 4 is 5.78 Å². The van der Waals surface area contributed by atoms with E-state index in [9.17, 15) is 4.79 Å². The van der Waals surface area contributed by atoms with E-state index in [0.717, 1.165) is 32.7 Å². The first-order valence-corrected chi connectivity index (χ1v) is 10.4. The lowest BCUT2D eigenvalue weighted by Gasteiger charge is -2.52. The molecule has 2 fully saturated rings. The predicted molar refractivity (Wildman–Crippen MR) is 112 cm³/mol. The summed E-state index contributed by atoms with van der Waals surface area (Å²) < 4.78 is 5.98. The molecule has 2 aliphatic heterocycles. The van der Waals surface area contributed by atoms with Crippen LogP contribution < -0.4 is 0 Å². The van der Waals surface area contributed by atoms with Crippen molar-refractivity contribution in [3.05, 3.63) is 60.2 Å². The van der Waals surface area contributed by atoms with Gasteiger partial charge in [0.1, 0.15) is 5.69 Å². The molecule has 0 bridgehead atoms. The quantitative estimate of drug-likeness (QED) is 0.727. The topological polar surface area (TPSA) is 58.6 Å². The molecule has 4 heterocycles. The number of rotatable bonds is 5. The Morgan fingerprint density at radius 3 is 2.59 bits per heavy atom. The molecule has 4 rings (SSSR count). The Hall–Kier alpha value is -2.15. The average molecular weight is 395 g/mol. The molecule has 0 spiro atoms. The van der Waals surface area contributed by atoms with Crippen molar-refractivity contribution < 1.29 is 9.53 Å². The SMILES string of the molecule is CC1(C)CC(C(=O)c2ccccn2)(N2CCN(Cc3cccnc3)CC2)CCO1. The minimum Gasteiger partial charge on any atom is -0.375 e. The predicted octanol–water partition coefficient (Wildman–Crippen LogP) is 2.80. The number of pyridine rings is 2. The highest BCUT2D eigenvalue weighted by molar-refractivity contribution is 6.02. The van der Waals surface area contributed by atoms with Crippen LogP contribution in [0.5, 0.6) is 0 Å². The van der Waals surface area contributed by atoms with Gasteiger partial charge in [-0.25, -0.2) is 0 Å². The second kappa shape index (κ2) is 8.30. The van der Waals surface area contributed by atoms with Crippen LogP contribution in [0.1, 0.15) is 42.7 Å². The van der Waals surface area contributed by atoms with Crippen molar-refractivity contribution in [3.63, 3.8) is 0 Å². The third-order valence-electron chi connectivity index (χ3n) is 6.15. The number of hydrogen-bond donors (Lipinski definition) is 0. The van der Waals surface area contributed by atoms with Crippen molar-refractivity contribution in [1.82, 2.24) is 19.8 Å². The van der Waals surface area contributed by atoms with E-state index in [1.807, 2.05) is 30.5 Å². The molecule has 2 aromatic rings. The maximum atomic E-state index is 13.7. The van der Waals surface area contributed by atoms with Gasteiger partial charge in [0.25, 0.3) is 0 Å². The first-order chi connectivity index (χ1) is 14.0. The number of piperazine rings is 1. The van der Waals surface area contributed by atoms with Crippen LogP contribution in [0.2, 0.25) is 0 Å². The van der Waals surface area contributed by atoms with Crippen LogP contribution in [0, 0.1) is 0 Å². The van der Waals surface area contributed by atoms with Gasteiger partial charge in [0.2, 0.25) is 5.78 Å². The van der Waals surface area contributed by atoms with Crippen LogP contribution in [-0.4, -0.2) is 69.5 Å². The summed E-state index contributed by atoms with van der Waals surface area (Å²) in [6.07, 6.45) is 6.85. The molecule has 0 radical (unpaired) electrons. The van der Waals surface area contributed by atoms with E-state index in [-0.39, 0.29) is 11.4 Å². The monoisotopic (exact) mass is 394 g/mol. The van der Waals surface area contributed by atoms with Crippen LogP contribution in [-0.2, 0) is 11.3 Å². The lowest BCUT2D eigenvalue weighted by molar-refractivity contribution is -0.113. The summed E-state index contributed by atoms with van der Waals surface area (Å²) in [5.41, 5.74) is 0.918. The molecule has 6 heteroatoms. The molecule has 1 unspecified atom stereocenters. The van der Waals surface area contributed by atoms with Gasteiger partial charge >= 0.3 is 0 Å². The maximum Gasteiger partial charge on any atom is 0.201 e. The first kappa shape index (κ1) is 20.1. The first-order valence-electron chi connectivity index (χ1n) is 10.4. The van der Waals surface area contributed by atoms with Crippen LogP contribution in [0.4, 0.5) is 0 Å². The normalized spacial score (nSPS) is 25.6. The van der Waals surface area contributed by atoms with Gasteiger partial charge in [-0.05, 0) is 44.0 Å². The molecule has 2 aromatic heterocycles. The Morgan fingerprint density at radius 1 is 1.10 bits per heavy atom. The highest BCUT2D eigenvalue weighted by Crippen LogP contribution is 2.39. The highest BCUT2D eigenvalue weighted by atomic mass is 16.5. The largest absolute Gasteiger partial charge is 0.375 e. The Balaban J connectivity index is 1.52. The number of carbonyl (C=O) groups excluding carboxylic acids is 1. The van der Waals surface area contributed by atoms with E-state index in [0.29, 0.717) is 25.1 Å². The van der Waals surface area contributed by atoms with Crippen molar-refractivity contribution in [1.29, 1.82) is 0 Å². The number of ether oxygens (including phenoxy) is 1.